The number of pyridine rings is 1. The van der Waals surface area contributed by atoms with E-state index in [-0.39, 0.29) is 11.6 Å². The second kappa shape index (κ2) is 3.06. The highest BCUT2D eigenvalue weighted by atomic mass is 32.2. The quantitative estimate of drug-likeness (QED) is 0.629. The molecule has 0 saturated carbocycles. The molecule has 0 N–H and O–H groups in total. The topological polar surface area (TPSA) is 47.8 Å². The van der Waals surface area contributed by atoms with E-state index in [1.807, 2.05) is 6.92 Å². The van der Waals surface area contributed by atoms with Gasteiger partial charge in [-0.15, -0.1) is 0 Å². The number of hydrogen-bond donors (Lipinski definition) is 0. The van der Waals surface area contributed by atoms with Crippen molar-refractivity contribution in [3.05, 3.63) is 28.7 Å². The SMILES string of the molecule is C[C@@H]1CSc2nc3ncccc3c(=O)n21. The molecule has 0 unspecified atom stereocenters. The van der Waals surface area contributed by atoms with Gasteiger partial charge in [0.2, 0.25) is 0 Å². The summed E-state index contributed by atoms with van der Waals surface area (Å²) in [6, 6.07) is 3.78. The largest absolute Gasteiger partial charge is 0.283 e. The van der Waals surface area contributed by atoms with Crippen LogP contribution in [-0.4, -0.2) is 20.3 Å². The van der Waals surface area contributed by atoms with E-state index in [2.05, 4.69) is 9.97 Å². The van der Waals surface area contributed by atoms with E-state index in [0.29, 0.717) is 11.0 Å². The van der Waals surface area contributed by atoms with Crippen LogP contribution >= 0.6 is 11.8 Å². The smallest absolute Gasteiger partial charge is 0.263 e. The van der Waals surface area contributed by atoms with Crippen molar-refractivity contribution >= 4 is 22.8 Å². The third-order valence-corrected chi connectivity index (χ3v) is 3.73. The van der Waals surface area contributed by atoms with E-state index in [0.717, 1.165) is 10.9 Å². The van der Waals surface area contributed by atoms with Crippen molar-refractivity contribution in [2.24, 2.45) is 0 Å². The molecule has 0 amide bonds. The zero-order valence-corrected chi connectivity index (χ0v) is 8.99. The number of hydrogen-bond acceptors (Lipinski definition) is 4. The fourth-order valence-electron chi connectivity index (χ4n) is 1.77. The molecule has 1 atom stereocenters. The highest BCUT2D eigenvalue weighted by Crippen LogP contribution is 2.29. The summed E-state index contributed by atoms with van der Waals surface area (Å²) in [5, 5.41) is 1.40. The molecule has 76 valence electrons. The van der Waals surface area contributed by atoms with Gasteiger partial charge in [0.1, 0.15) is 0 Å². The van der Waals surface area contributed by atoms with Crippen LogP contribution in [0.3, 0.4) is 0 Å². The lowest BCUT2D eigenvalue weighted by Crippen LogP contribution is -2.23. The standard InChI is InChI=1S/C10H9N3OS/c1-6-5-15-10-12-8-7(3-2-4-11-8)9(14)13(6)10/h2-4,6H,5H2,1H3/t6-/m1/s1. The summed E-state index contributed by atoms with van der Waals surface area (Å²) < 4.78 is 1.76. The minimum absolute atomic E-state index is 0.0283. The Balaban J connectivity index is 2.47. The Bertz CT molecular complexity index is 593. The Morgan fingerprint density at radius 2 is 2.47 bits per heavy atom. The van der Waals surface area contributed by atoms with Crippen LogP contribution < -0.4 is 5.56 Å². The van der Waals surface area contributed by atoms with E-state index >= 15 is 0 Å². The molecule has 3 rings (SSSR count). The van der Waals surface area contributed by atoms with Gasteiger partial charge in [0.25, 0.3) is 5.56 Å². The number of fused-ring (bicyclic) bond motifs is 2. The third-order valence-electron chi connectivity index (χ3n) is 2.54. The molecule has 0 aliphatic carbocycles. The van der Waals surface area contributed by atoms with Gasteiger partial charge in [0.05, 0.1) is 5.39 Å². The van der Waals surface area contributed by atoms with Crippen molar-refractivity contribution in [3.8, 4) is 0 Å². The van der Waals surface area contributed by atoms with Gasteiger partial charge in [0, 0.05) is 18.0 Å². The van der Waals surface area contributed by atoms with E-state index in [9.17, 15) is 4.79 Å². The molecule has 15 heavy (non-hydrogen) atoms. The number of thioether (sulfide) groups is 1. The Morgan fingerprint density at radius 3 is 3.33 bits per heavy atom. The number of rotatable bonds is 0. The van der Waals surface area contributed by atoms with Crippen LogP contribution in [0.1, 0.15) is 13.0 Å². The lowest BCUT2D eigenvalue weighted by Gasteiger charge is -2.07. The molecule has 4 nitrogen and oxygen atoms in total. The van der Waals surface area contributed by atoms with Crippen LogP contribution in [0.2, 0.25) is 0 Å². The predicted octanol–water partition coefficient (Wildman–Crippen LogP) is 1.46. The van der Waals surface area contributed by atoms with Crippen LogP contribution in [0.15, 0.2) is 28.3 Å². The summed E-state index contributed by atoms with van der Waals surface area (Å²) in [7, 11) is 0. The van der Waals surface area contributed by atoms with Crippen LogP contribution in [0.5, 0.6) is 0 Å². The molecular weight excluding hydrogens is 210 g/mol. The van der Waals surface area contributed by atoms with Crippen molar-refractivity contribution in [1.29, 1.82) is 0 Å². The molecule has 5 heteroatoms. The maximum absolute atomic E-state index is 12.1. The monoisotopic (exact) mass is 219 g/mol. The molecular formula is C10H9N3OS. The fourth-order valence-corrected chi connectivity index (χ4v) is 2.87. The van der Waals surface area contributed by atoms with E-state index in [1.165, 1.54) is 0 Å². The molecule has 0 saturated heterocycles. The van der Waals surface area contributed by atoms with Gasteiger partial charge in [-0.2, -0.15) is 0 Å². The van der Waals surface area contributed by atoms with Crippen molar-refractivity contribution in [2.45, 2.75) is 18.1 Å². The lowest BCUT2D eigenvalue weighted by molar-refractivity contribution is 0.550. The van der Waals surface area contributed by atoms with Gasteiger partial charge >= 0.3 is 0 Å². The molecule has 1 aliphatic rings. The summed E-state index contributed by atoms with van der Waals surface area (Å²) >= 11 is 1.62. The van der Waals surface area contributed by atoms with Crippen molar-refractivity contribution in [2.75, 3.05) is 5.75 Å². The third kappa shape index (κ3) is 1.19. The maximum Gasteiger partial charge on any atom is 0.263 e. The van der Waals surface area contributed by atoms with Gasteiger partial charge in [-0.25, -0.2) is 9.97 Å². The normalized spacial score (nSPS) is 19.4. The Morgan fingerprint density at radius 1 is 1.60 bits per heavy atom. The number of nitrogens with zero attached hydrogens (tertiary/aromatic N) is 3. The van der Waals surface area contributed by atoms with Crippen molar-refractivity contribution in [3.63, 3.8) is 0 Å². The molecule has 0 radical (unpaired) electrons. The first-order chi connectivity index (χ1) is 7.27. The van der Waals surface area contributed by atoms with Gasteiger partial charge in [-0.05, 0) is 19.1 Å². The lowest BCUT2D eigenvalue weighted by atomic mass is 10.3. The second-order valence-electron chi connectivity index (χ2n) is 3.60. The molecule has 0 bridgehead atoms. The molecule has 0 aromatic carbocycles. The van der Waals surface area contributed by atoms with Crippen LogP contribution in [0.25, 0.3) is 11.0 Å². The van der Waals surface area contributed by atoms with Gasteiger partial charge in [-0.1, -0.05) is 11.8 Å². The average Bonchev–Trinajstić information content (AvgIpc) is 2.61. The summed E-state index contributed by atoms with van der Waals surface area (Å²) in [5.41, 5.74) is 0.580. The zero-order valence-electron chi connectivity index (χ0n) is 8.17. The highest BCUT2D eigenvalue weighted by Gasteiger charge is 2.22. The zero-order chi connectivity index (χ0) is 10.4. The Labute approximate surface area is 90.4 Å². The Kier molecular flexibility index (Phi) is 1.82. The van der Waals surface area contributed by atoms with Crippen LogP contribution in [-0.2, 0) is 0 Å². The molecule has 1 aliphatic heterocycles. The van der Waals surface area contributed by atoms with Gasteiger partial charge in [-0.3, -0.25) is 9.36 Å². The second-order valence-corrected chi connectivity index (χ2v) is 4.59. The first kappa shape index (κ1) is 8.91. The Hall–Kier alpha value is -1.36. The van der Waals surface area contributed by atoms with Gasteiger partial charge in [0.15, 0.2) is 10.8 Å². The summed E-state index contributed by atoms with van der Waals surface area (Å²) in [4.78, 5) is 20.6. The van der Waals surface area contributed by atoms with Gasteiger partial charge < -0.3 is 0 Å². The highest BCUT2D eigenvalue weighted by molar-refractivity contribution is 7.99. The molecule has 2 aromatic heterocycles. The maximum atomic E-state index is 12.1. The predicted molar refractivity (Wildman–Crippen MR) is 59.2 cm³/mol. The molecule has 3 heterocycles. The average molecular weight is 219 g/mol. The summed E-state index contributed by atoms with van der Waals surface area (Å²) in [5.74, 6) is 0.915. The summed E-state index contributed by atoms with van der Waals surface area (Å²) in [6.45, 7) is 2.04. The first-order valence-corrected chi connectivity index (χ1v) is 5.76. The first-order valence-electron chi connectivity index (χ1n) is 4.77. The molecule has 0 spiro atoms. The van der Waals surface area contributed by atoms with E-state index in [1.54, 1.807) is 34.7 Å². The van der Waals surface area contributed by atoms with Crippen LogP contribution in [0.4, 0.5) is 0 Å². The van der Waals surface area contributed by atoms with Crippen molar-refractivity contribution in [1.82, 2.24) is 14.5 Å². The van der Waals surface area contributed by atoms with Crippen LogP contribution in [0, 0.1) is 0 Å². The van der Waals surface area contributed by atoms with Crippen molar-refractivity contribution < 1.29 is 0 Å². The fraction of sp³-hybridized carbons (Fsp3) is 0.300. The summed E-state index contributed by atoms with van der Waals surface area (Å²) in [6.07, 6.45) is 1.66. The minimum Gasteiger partial charge on any atom is -0.283 e. The van der Waals surface area contributed by atoms with E-state index in [4.69, 9.17) is 0 Å². The molecule has 2 aromatic rings. The minimum atomic E-state index is 0.0283. The van der Waals surface area contributed by atoms with E-state index < -0.39 is 0 Å². The number of aromatic nitrogens is 3. The molecule has 0 fully saturated rings.